The first kappa shape index (κ1) is 12.6. The Kier molecular flexibility index (Phi) is 2.56. The lowest BCUT2D eigenvalue weighted by atomic mass is 10.2. The van der Waals surface area contributed by atoms with Crippen molar-refractivity contribution in [1.82, 2.24) is 14.4 Å². The molecule has 5 heteroatoms. The van der Waals surface area contributed by atoms with Gasteiger partial charge in [-0.25, -0.2) is 4.98 Å². The van der Waals surface area contributed by atoms with Crippen LogP contribution < -0.4 is 5.73 Å². The monoisotopic (exact) mass is 290 g/mol. The second-order valence-electron chi connectivity index (χ2n) is 5.25. The minimum Gasteiger partial charge on any atom is -0.396 e. The van der Waals surface area contributed by atoms with Crippen molar-refractivity contribution < 1.29 is 4.79 Å². The molecule has 1 aromatic carbocycles. The molecule has 4 aromatic rings. The summed E-state index contributed by atoms with van der Waals surface area (Å²) < 4.78 is 1.82. The number of ketones is 1. The van der Waals surface area contributed by atoms with Crippen LogP contribution in [0, 0.1) is 0 Å². The van der Waals surface area contributed by atoms with Gasteiger partial charge in [-0.2, -0.15) is 0 Å². The van der Waals surface area contributed by atoms with Gasteiger partial charge in [0.2, 0.25) is 0 Å². The van der Waals surface area contributed by atoms with E-state index in [1.54, 1.807) is 0 Å². The smallest absolute Gasteiger partial charge is 0.178 e. The molecule has 22 heavy (non-hydrogen) atoms. The Labute approximate surface area is 126 Å². The number of rotatable bonds is 2. The van der Waals surface area contributed by atoms with Gasteiger partial charge in [0.25, 0.3) is 0 Å². The molecule has 0 aliphatic rings. The molecule has 0 atom stereocenters. The quantitative estimate of drug-likeness (QED) is 0.556. The number of pyridine rings is 1. The number of aromatic nitrogens is 3. The van der Waals surface area contributed by atoms with E-state index in [1.807, 2.05) is 53.1 Å². The average Bonchev–Trinajstić information content (AvgIpc) is 3.04. The number of hydrogen-bond donors (Lipinski definition) is 2. The zero-order chi connectivity index (χ0) is 15.3. The van der Waals surface area contributed by atoms with E-state index in [-0.39, 0.29) is 5.78 Å². The lowest BCUT2D eigenvalue weighted by molar-refractivity contribution is 0.101. The molecular weight excluding hydrogens is 276 g/mol. The van der Waals surface area contributed by atoms with Crippen molar-refractivity contribution in [3.63, 3.8) is 0 Å². The first-order valence-electron chi connectivity index (χ1n) is 7.01. The van der Waals surface area contributed by atoms with Gasteiger partial charge >= 0.3 is 0 Å². The van der Waals surface area contributed by atoms with Crippen molar-refractivity contribution in [2.24, 2.45) is 0 Å². The van der Waals surface area contributed by atoms with Crippen molar-refractivity contribution >= 4 is 28.0 Å². The van der Waals surface area contributed by atoms with Gasteiger partial charge in [-0.05, 0) is 24.3 Å². The molecule has 0 spiro atoms. The summed E-state index contributed by atoms with van der Waals surface area (Å²) in [5, 5.41) is 0. The molecule has 0 unspecified atom stereocenters. The van der Waals surface area contributed by atoms with Crippen LogP contribution in [0.3, 0.4) is 0 Å². The van der Waals surface area contributed by atoms with Crippen LogP contribution in [0.4, 0.5) is 5.69 Å². The Morgan fingerprint density at radius 1 is 1.18 bits per heavy atom. The van der Waals surface area contributed by atoms with Crippen LogP contribution >= 0.6 is 0 Å². The summed E-state index contributed by atoms with van der Waals surface area (Å²) in [6.45, 7) is 1.52. The first-order chi connectivity index (χ1) is 10.7. The zero-order valence-electron chi connectivity index (χ0n) is 12.0. The third kappa shape index (κ3) is 1.65. The number of nitrogen functional groups attached to an aromatic ring is 1. The maximum absolute atomic E-state index is 12.0. The van der Waals surface area contributed by atoms with E-state index >= 15 is 0 Å². The van der Waals surface area contributed by atoms with Gasteiger partial charge in [0.05, 0.1) is 27.8 Å². The van der Waals surface area contributed by atoms with Crippen molar-refractivity contribution in [3.05, 3.63) is 54.4 Å². The molecule has 3 N–H and O–H groups in total. The minimum absolute atomic E-state index is 0.0685. The van der Waals surface area contributed by atoms with Crippen LogP contribution in [-0.4, -0.2) is 20.2 Å². The van der Waals surface area contributed by atoms with Crippen LogP contribution in [0.25, 0.3) is 27.9 Å². The molecule has 3 heterocycles. The molecule has 0 fully saturated rings. The zero-order valence-corrected chi connectivity index (χ0v) is 12.0. The van der Waals surface area contributed by atoms with Crippen LogP contribution in [0.2, 0.25) is 0 Å². The Bertz CT molecular complexity index is 993. The maximum Gasteiger partial charge on any atom is 0.178 e. The summed E-state index contributed by atoms with van der Waals surface area (Å²) in [4.78, 5) is 19.9. The molecule has 0 radical (unpaired) electrons. The second-order valence-corrected chi connectivity index (χ2v) is 5.25. The van der Waals surface area contributed by atoms with Crippen LogP contribution in [-0.2, 0) is 0 Å². The summed E-state index contributed by atoms with van der Waals surface area (Å²) in [6.07, 6.45) is 1.84. The lowest BCUT2D eigenvalue weighted by Gasteiger charge is -1.98. The average molecular weight is 290 g/mol. The standard InChI is InChI=1S/C17H14N4O/c1-10(22)16-15(18)14(13-8-4-5-9-21(13)16)17-19-11-6-2-3-7-12(11)20-17/h2-9H,18H2,1H3,(H,19,20). The number of carbonyl (C=O) groups excluding carboxylic acids is 1. The van der Waals surface area contributed by atoms with E-state index in [2.05, 4.69) is 9.97 Å². The molecule has 0 bridgehead atoms. The number of nitrogens with zero attached hydrogens (tertiary/aromatic N) is 2. The largest absolute Gasteiger partial charge is 0.396 e. The van der Waals surface area contributed by atoms with Gasteiger partial charge in [0.1, 0.15) is 11.5 Å². The highest BCUT2D eigenvalue weighted by molar-refractivity contribution is 6.06. The number of nitrogens with two attached hydrogens (primary N) is 1. The maximum atomic E-state index is 12.0. The summed E-state index contributed by atoms with van der Waals surface area (Å²) >= 11 is 0. The van der Waals surface area contributed by atoms with Crippen LogP contribution in [0.5, 0.6) is 0 Å². The highest BCUT2D eigenvalue weighted by atomic mass is 16.1. The van der Waals surface area contributed by atoms with Crippen molar-refractivity contribution in [1.29, 1.82) is 0 Å². The van der Waals surface area contributed by atoms with Gasteiger partial charge < -0.3 is 15.1 Å². The molecule has 0 aliphatic carbocycles. The van der Waals surface area contributed by atoms with E-state index in [4.69, 9.17) is 5.73 Å². The number of H-pyrrole nitrogens is 1. The molecule has 5 nitrogen and oxygen atoms in total. The van der Waals surface area contributed by atoms with Gasteiger partial charge in [0, 0.05) is 13.1 Å². The molecule has 0 aliphatic heterocycles. The highest BCUT2D eigenvalue weighted by Crippen LogP contribution is 2.35. The summed E-state index contributed by atoms with van der Waals surface area (Å²) in [6, 6.07) is 13.5. The molecule has 108 valence electrons. The number of para-hydroxylation sites is 2. The lowest BCUT2D eigenvalue weighted by Crippen LogP contribution is -2.01. The fraction of sp³-hybridized carbons (Fsp3) is 0.0588. The number of aromatic amines is 1. The predicted octanol–water partition coefficient (Wildman–Crippen LogP) is 3.27. The van der Waals surface area contributed by atoms with Gasteiger partial charge in [0.15, 0.2) is 5.78 Å². The molecule has 4 rings (SSSR count). The number of carbonyl (C=O) groups is 1. The van der Waals surface area contributed by atoms with Crippen molar-refractivity contribution in [2.45, 2.75) is 6.92 Å². The van der Waals surface area contributed by atoms with E-state index in [9.17, 15) is 4.79 Å². The topological polar surface area (TPSA) is 76.2 Å². The van der Waals surface area contributed by atoms with Crippen LogP contribution in [0.15, 0.2) is 48.7 Å². The third-order valence-corrected chi connectivity index (χ3v) is 3.84. The number of benzene rings is 1. The molecule has 0 saturated carbocycles. The number of nitrogens with one attached hydrogen (secondary N) is 1. The first-order valence-corrected chi connectivity index (χ1v) is 7.01. The molecular formula is C17H14N4O. The van der Waals surface area contributed by atoms with E-state index in [1.165, 1.54) is 6.92 Å². The van der Waals surface area contributed by atoms with E-state index < -0.39 is 0 Å². The number of imidazole rings is 1. The van der Waals surface area contributed by atoms with E-state index in [0.717, 1.165) is 22.1 Å². The highest BCUT2D eigenvalue weighted by Gasteiger charge is 2.21. The normalized spacial score (nSPS) is 11.3. The van der Waals surface area contributed by atoms with Crippen molar-refractivity contribution in [3.8, 4) is 11.4 Å². The Morgan fingerprint density at radius 2 is 1.95 bits per heavy atom. The Balaban J connectivity index is 2.10. The summed E-state index contributed by atoms with van der Waals surface area (Å²) in [7, 11) is 0. The third-order valence-electron chi connectivity index (χ3n) is 3.84. The number of anilines is 1. The van der Waals surface area contributed by atoms with Crippen LogP contribution in [0.1, 0.15) is 17.4 Å². The van der Waals surface area contributed by atoms with Gasteiger partial charge in [-0.3, -0.25) is 4.79 Å². The predicted molar refractivity (Wildman–Crippen MR) is 86.9 cm³/mol. The minimum atomic E-state index is -0.0685. The Hall–Kier alpha value is -3.08. The second kappa shape index (κ2) is 4.46. The molecule has 3 aromatic heterocycles. The summed E-state index contributed by atoms with van der Waals surface area (Å²) in [5.74, 6) is 0.607. The van der Waals surface area contributed by atoms with E-state index in [0.29, 0.717) is 17.2 Å². The summed E-state index contributed by atoms with van der Waals surface area (Å²) in [5.41, 5.74) is 10.7. The fourth-order valence-electron chi connectivity index (χ4n) is 2.91. The molecule has 0 saturated heterocycles. The van der Waals surface area contributed by atoms with Gasteiger partial charge in [-0.1, -0.05) is 18.2 Å². The number of Topliss-reactive ketones (excluding diaryl/α,β-unsaturated/α-hetero) is 1. The number of hydrogen-bond acceptors (Lipinski definition) is 3. The van der Waals surface area contributed by atoms with Gasteiger partial charge in [-0.15, -0.1) is 0 Å². The SMILES string of the molecule is CC(=O)c1c(N)c(-c2nc3ccccc3[nH]2)c2ccccn12. The Morgan fingerprint density at radius 3 is 2.73 bits per heavy atom. The molecule has 0 amide bonds. The van der Waals surface area contributed by atoms with Crippen molar-refractivity contribution in [2.75, 3.05) is 5.73 Å². The number of fused-ring (bicyclic) bond motifs is 2. The fourth-order valence-corrected chi connectivity index (χ4v) is 2.91.